The third-order valence-corrected chi connectivity index (χ3v) is 6.80. The molecule has 1 heterocycles. The molecule has 4 aliphatic rings. The molecule has 0 saturated heterocycles. The van der Waals surface area contributed by atoms with E-state index in [1.165, 1.54) is 19.3 Å². The summed E-state index contributed by atoms with van der Waals surface area (Å²) in [5, 5.41) is 3.37. The van der Waals surface area contributed by atoms with Crippen molar-refractivity contribution in [2.45, 2.75) is 50.6 Å². The molecular weight excluding hydrogens is 314 g/mol. The van der Waals surface area contributed by atoms with E-state index in [0.717, 1.165) is 48.0 Å². The number of benzene rings is 1. The normalized spacial score (nSPS) is 33.1. The van der Waals surface area contributed by atoms with Gasteiger partial charge in [-0.2, -0.15) is 0 Å². The van der Waals surface area contributed by atoms with Crippen LogP contribution >= 0.6 is 0 Å². The molecule has 4 aliphatic carbocycles. The molecule has 5 heteroatoms. The summed E-state index contributed by atoms with van der Waals surface area (Å²) in [5.74, 6) is 2.38. The Morgan fingerprint density at radius 3 is 2.24 bits per heavy atom. The van der Waals surface area contributed by atoms with E-state index >= 15 is 0 Å². The number of carbonyl (C=O) groups is 1. The fourth-order valence-electron chi connectivity index (χ4n) is 6.26. The lowest BCUT2D eigenvalue weighted by Crippen LogP contribution is -2.60. The molecule has 1 aromatic heterocycles. The second kappa shape index (κ2) is 5.23. The Kier molecular flexibility index (Phi) is 3.19. The number of para-hydroxylation sites is 2. The van der Waals surface area contributed by atoms with E-state index in [-0.39, 0.29) is 23.7 Å². The van der Waals surface area contributed by atoms with Crippen molar-refractivity contribution >= 4 is 16.9 Å². The van der Waals surface area contributed by atoms with Crippen LogP contribution in [0, 0.1) is 17.8 Å². The van der Waals surface area contributed by atoms with Crippen molar-refractivity contribution in [1.29, 1.82) is 0 Å². The predicted octanol–water partition coefficient (Wildman–Crippen LogP) is 2.42. The van der Waals surface area contributed by atoms with Crippen LogP contribution < -0.4 is 11.0 Å². The third kappa shape index (κ3) is 2.35. The van der Waals surface area contributed by atoms with Crippen LogP contribution in [0.1, 0.15) is 38.5 Å². The van der Waals surface area contributed by atoms with Gasteiger partial charge in [-0.1, -0.05) is 12.1 Å². The highest BCUT2D eigenvalue weighted by molar-refractivity contribution is 5.81. The minimum absolute atomic E-state index is 0.0000247. The van der Waals surface area contributed by atoms with E-state index < -0.39 is 0 Å². The second-order valence-corrected chi connectivity index (χ2v) is 8.66. The summed E-state index contributed by atoms with van der Waals surface area (Å²) in [6.07, 6.45) is 7.48. The second-order valence-electron chi connectivity index (χ2n) is 8.66. The van der Waals surface area contributed by atoms with Gasteiger partial charge in [0.15, 0.2) is 0 Å². The van der Waals surface area contributed by atoms with E-state index in [4.69, 9.17) is 0 Å². The molecule has 1 aromatic carbocycles. The van der Waals surface area contributed by atoms with Gasteiger partial charge in [0.05, 0.1) is 11.0 Å². The topological polar surface area (TPSA) is 56.0 Å². The summed E-state index contributed by atoms with van der Waals surface area (Å²) >= 11 is 0. The standard InChI is InChI=1S/C20H25N3O2/c1-22-16-4-2-3-5-17(16)23(19(22)25)12-18(24)21-20-9-13-6-14(10-20)8-15(7-13)11-20/h2-5,13-15H,6-12H2,1H3,(H,21,24). The van der Waals surface area contributed by atoms with Crippen molar-refractivity contribution < 1.29 is 4.79 Å². The Morgan fingerprint density at radius 1 is 1.08 bits per heavy atom. The maximum atomic E-state index is 12.8. The molecule has 1 N–H and O–H groups in total. The number of hydrogen-bond donors (Lipinski definition) is 1. The Bertz CT molecular complexity index is 872. The Balaban J connectivity index is 1.40. The fourth-order valence-corrected chi connectivity index (χ4v) is 6.26. The molecular formula is C20H25N3O2. The molecule has 4 saturated carbocycles. The fraction of sp³-hybridized carbons (Fsp3) is 0.600. The summed E-state index contributed by atoms with van der Waals surface area (Å²) in [7, 11) is 1.76. The van der Waals surface area contributed by atoms with Crippen LogP contribution in [0.2, 0.25) is 0 Å². The Labute approximate surface area is 147 Å². The van der Waals surface area contributed by atoms with Crippen LogP contribution in [0.5, 0.6) is 0 Å². The number of aryl methyl sites for hydroxylation is 1. The first-order valence-electron chi connectivity index (χ1n) is 9.48. The van der Waals surface area contributed by atoms with Crippen LogP contribution in [0.15, 0.2) is 29.1 Å². The van der Waals surface area contributed by atoms with Gasteiger partial charge in [-0.25, -0.2) is 4.79 Å². The summed E-state index contributed by atoms with van der Waals surface area (Å²) in [6, 6.07) is 7.66. The number of nitrogens with one attached hydrogen (secondary N) is 1. The van der Waals surface area contributed by atoms with E-state index in [1.807, 2.05) is 24.3 Å². The molecule has 132 valence electrons. The number of hydrogen-bond acceptors (Lipinski definition) is 2. The molecule has 5 nitrogen and oxygen atoms in total. The Hall–Kier alpha value is -2.04. The molecule has 0 atom stereocenters. The number of amides is 1. The summed E-state index contributed by atoms with van der Waals surface area (Å²) < 4.78 is 3.22. The first kappa shape index (κ1) is 15.2. The first-order valence-corrected chi connectivity index (χ1v) is 9.48. The Morgan fingerprint density at radius 2 is 1.64 bits per heavy atom. The largest absolute Gasteiger partial charge is 0.349 e. The lowest BCUT2D eigenvalue weighted by Gasteiger charge is -2.56. The number of aromatic nitrogens is 2. The highest BCUT2D eigenvalue weighted by atomic mass is 16.2. The first-order chi connectivity index (χ1) is 12.0. The zero-order chi connectivity index (χ0) is 17.2. The van der Waals surface area contributed by atoms with Gasteiger partial charge >= 0.3 is 5.69 Å². The van der Waals surface area contributed by atoms with Crippen LogP contribution in [-0.4, -0.2) is 20.6 Å². The molecule has 0 unspecified atom stereocenters. The van der Waals surface area contributed by atoms with E-state index in [9.17, 15) is 9.59 Å². The zero-order valence-corrected chi connectivity index (χ0v) is 14.7. The number of carbonyl (C=O) groups excluding carboxylic acids is 1. The molecule has 0 spiro atoms. The number of rotatable bonds is 3. The molecule has 6 rings (SSSR count). The lowest BCUT2D eigenvalue weighted by atomic mass is 9.53. The van der Waals surface area contributed by atoms with Gasteiger partial charge in [0.2, 0.25) is 5.91 Å². The van der Waals surface area contributed by atoms with Crippen molar-refractivity contribution in [2.24, 2.45) is 24.8 Å². The van der Waals surface area contributed by atoms with Gasteiger partial charge in [0.25, 0.3) is 0 Å². The molecule has 0 radical (unpaired) electrons. The predicted molar refractivity (Wildman–Crippen MR) is 96.2 cm³/mol. The third-order valence-electron chi connectivity index (χ3n) is 6.80. The van der Waals surface area contributed by atoms with Crippen molar-refractivity contribution in [3.8, 4) is 0 Å². The van der Waals surface area contributed by atoms with Gasteiger partial charge in [0.1, 0.15) is 6.54 Å². The number of imidazole rings is 1. The lowest BCUT2D eigenvalue weighted by molar-refractivity contribution is -0.127. The average molecular weight is 339 g/mol. The van der Waals surface area contributed by atoms with Gasteiger partial charge in [-0.05, 0) is 68.4 Å². The van der Waals surface area contributed by atoms with Gasteiger partial charge in [-0.15, -0.1) is 0 Å². The van der Waals surface area contributed by atoms with E-state index in [1.54, 1.807) is 16.2 Å². The van der Waals surface area contributed by atoms with Crippen molar-refractivity contribution in [3.63, 3.8) is 0 Å². The van der Waals surface area contributed by atoms with Crippen molar-refractivity contribution in [3.05, 3.63) is 34.7 Å². The maximum Gasteiger partial charge on any atom is 0.329 e. The summed E-state index contributed by atoms with van der Waals surface area (Å²) in [5.41, 5.74) is 1.58. The monoisotopic (exact) mass is 339 g/mol. The average Bonchev–Trinajstić information content (AvgIpc) is 2.78. The minimum atomic E-state index is -0.123. The highest BCUT2D eigenvalue weighted by Crippen LogP contribution is 2.55. The molecule has 1 amide bonds. The highest BCUT2D eigenvalue weighted by Gasteiger charge is 2.51. The quantitative estimate of drug-likeness (QED) is 0.934. The van der Waals surface area contributed by atoms with E-state index in [2.05, 4.69) is 5.32 Å². The van der Waals surface area contributed by atoms with Gasteiger partial charge in [-0.3, -0.25) is 13.9 Å². The van der Waals surface area contributed by atoms with Crippen molar-refractivity contribution in [2.75, 3.05) is 0 Å². The van der Waals surface area contributed by atoms with Crippen molar-refractivity contribution in [1.82, 2.24) is 14.5 Å². The van der Waals surface area contributed by atoms with Crippen LogP contribution in [0.25, 0.3) is 11.0 Å². The summed E-state index contributed by atoms with van der Waals surface area (Å²) in [6.45, 7) is 0.113. The maximum absolute atomic E-state index is 12.8. The zero-order valence-electron chi connectivity index (χ0n) is 14.7. The minimum Gasteiger partial charge on any atom is -0.349 e. The number of nitrogens with zero attached hydrogens (tertiary/aromatic N) is 2. The van der Waals surface area contributed by atoms with Gasteiger partial charge < -0.3 is 5.32 Å². The summed E-state index contributed by atoms with van der Waals surface area (Å²) in [4.78, 5) is 25.4. The molecule has 4 bridgehead atoms. The van der Waals surface area contributed by atoms with Crippen LogP contribution in [0.4, 0.5) is 0 Å². The van der Waals surface area contributed by atoms with Crippen LogP contribution in [0.3, 0.4) is 0 Å². The molecule has 25 heavy (non-hydrogen) atoms. The van der Waals surface area contributed by atoms with Gasteiger partial charge in [0, 0.05) is 12.6 Å². The SMILES string of the molecule is Cn1c(=O)n(CC(=O)NC23CC4CC(CC(C4)C2)C3)c2ccccc21. The smallest absolute Gasteiger partial charge is 0.329 e. The van der Waals surface area contributed by atoms with E-state index in [0.29, 0.717) is 0 Å². The molecule has 2 aromatic rings. The molecule has 4 fully saturated rings. The number of fused-ring (bicyclic) bond motifs is 1. The molecule has 0 aliphatic heterocycles. The van der Waals surface area contributed by atoms with Crippen LogP contribution in [-0.2, 0) is 18.4 Å².